The molecule has 2 aromatic carbocycles. The Morgan fingerprint density at radius 1 is 1.12 bits per heavy atom. The van der Waals surface area contributed by atoms with E-state index in [9.17, 15) is 9.18 Å². The van der Waals surface area contributed by atoms with Crippen molar-refractivity contribution in [1.29, 1.82) is 0 Å². The van der Waals surface area contributed by atoms with Gasteiger partial charge in [-0.25, -0.2) is 4.39 Å². The average Bonchev–Trinajstić information content (AvgIpc) is 2.68. The normalized spacial score (nSPS) is 14.8. The van der Waals surface area contributed by atoms with E-state index in [1.807, 2.05) is 18.2 Å². The Balaban J connectivity index is 1.68. The molecule has 0 bridgehead atoms. The number of likely N-dealkylation sites (tertiary alicyclic amines) is 1. The van der Waals surface area contributed by atoms with Gasteiger partial charge < -0.3 is 10.1 Å². The monoisotopic (exact) mass is 356 g/mol. The highest BCUT2D eigenvalue weighted by Crippen LogP contribution is 2.20. The summed E-state index contributed by atoms with van der Waals surface area (Å²) < 4.78 is 18.7. The van der Waals surface area contributed by atoms with Crippen molar-refractivity contribution in [3.63, 3.8) is 0 Å². The fourth-order valence-electron chi connectivity index (χ4n) is 3.37. The zero-order valence-electron chi connectivity index (χ0n) is 15.1. The van der Waals surface area contributed by atoms with E-state index in [1.54, 1.807) is 0 Å². The molecular weight excluding hydrogens is 331 g/mol. The van der Waals surface area contributed by atoms with Crippen molar-refractivity contribution in [2.45, 2.75) is 32.4 Å². The van der Waals surface area contributed by atoms with Crippen LogP contribution in [0.15, 0.2) is 42.5 Å². The first-order valence-electron chi connectivity index (χ1n) is 9.08. The van der Waals surface area contributed by atoms with Crippen LogP contribution < -0.4 is 10.1 Å². The molecule has 4 nitrogen and oxygen atoms in total. The summed E-state index contributed by atoms with van der Waals surface area (Å²) in [6.45, 7) is 3.56. The Labute approximate surface area is 154 Å². The van der Waals surface area contributed by atoms with E-state index >= 15 is 0 Å². The fraction of sp³-hybridized carbons (Fsp3) is 0.381. The van der Waals surface area contributed by atoms with Crippen LogP contribution in [0, 0.1) is 5.82 Å². The lowest BCUT2D eigenvalue weighted by Gasteiger charge is -2.27. The van der Waals surface area contributed by atoms with Crippen molar-refractivity contribution in [3.8, 4) is 5.75 Å². The quantitative estimate of drug-likeness (QED) is 0.857. The van der Waals surface area contributed by atoms with E-state index < -0.39 is 5.82 Å². The molecule has 1 saturated heterocycles. The molecule has 0 atom stereocenters. The molecule has 0 aliphatic carbocycles. The lowest BCUT2D eigenvalue weighted by molar-refractivity contribution is 0.0947. The third-order valence-electron chi connectivity index (χ3n) is 4.81. The molecule has 1 aliphatic rings. The summed E-state index contributed by atoms with van der Waals surface area (Å²) in [5, 5.41) is 2.89. The molecule has 5 heteroatoms. The van der Waals surface area contributed by atoms with Gasteiger partial charge in [-0.1, -0.05) is 30.7 Å². The molecule has 0 unspecified atom stereocenters. The molecule has 0 aromatic heterocycles. The summed E-state index contributed by atoms with van der Waals surface area (Å²) in [4.78, 5) is 14.9. The molecule has 1 heterocycles. The van der Waals surface area contributed by atoms with Gasteiger partial charge in [-0.05, 0) is 55.3 Å². The largest absolute Gasteiger partial charge is 0.496 e. The summed E-state index contributed by atoms with van der Waals surface area (Å²) in [7, 11) is 1.47. The Morgan fingerprint density at radius 2 is 1.85 bits per heavy atom. The number of rotatable bonds is 6. The fourth-order valence-corrected chi connectivity index (χ4v) is 3.37. The number of benzene rings is 2. The summed E-state index contributed by atoms with van der Waals surface area (Å²) in [5.74, 6) is -0.430. The van der Waals surface area contributed by atoms with Crippen LogP contribution in [0.1, 0.15) is 40.7 Å². The van der Waals surface area contributed by atoms with E-state index in [1.165, 1.54) is 50.1 Å². The Hall–Kier alpha value is -2.40. The first-order chi connectivity index (χ1) is 12.7. The number of methoxy groups -OCH3 is 1. The van der Waals surface area contributed by atoms with Gasteiger partial charge in [-0.15, -0.1) is 0 Å². The predicted octanol–water partition coefficient (Wildman–Crippen LogP) is 3.75. The third-order valence-corrected chi connectivity index (χ3v) is 4.81. The van der Waals surface area contributed by atoms with Crippen molar-refractivity contribution in [3.05, 3.63) is 65.0 Å². The number of nitrogens with zero attached hydrogens (tertiary/aromatic N) is 1. The molecule has 1 N–H and O–H groups in total. The molecule has 138 valence electrons. The molecule has 26 heavy (non-hydrogen) atoms. The van der Waals surface area contributed by atoms with Gasteiger partial charge in [0.05, 0.1) is 12.7 Å². The van der Waals surface area contributed by atoms with Crippen molar-refractivity contribution >= 4 is 5.91 Å². The molecule has 0 radical (unpaired) electrons. The first kappa shape index (κ1) is 18.4. The van der Waals surface area contributed by atoms with Crippen molar-refractivity contribution in [2.75, 3.05) is 20.2 Å². The van der Waals surface area contributed by atoms with E-state index in [-0.39, 0.29) is 11.5 Å². The predicted molar refractivity (Wildman–Crippen MR) is 99.7 cm³/mol. The van der Waals surface area contributed by atoms with Crippen molar-refractivity contribution in [1.82, 2.24) is 10.2 Å². The number of amides is 1. The lowest BCUT2D eigenvalue weighted by Crippen LogP contribution is -2.30. The molecule has 1 fully saturated rings. The highest BCUT2D eigenvalue weighted by Gasteiger charge is 2.15. The standard InChI is InChI=1S/C21H25FN2O2/c1-26-20-10-9-18(22)13-19(20)21(25)23-14-16-7-3-4-8-17(16)15-24-11-5-2-6-12-24/h3-4,7-10,13H,2,5-6,11-12,14-15H2,1H3,(H,23,25). The molecule has 2 aromatic rings. The minimum Gasteiger partial charge on any atom is -0.496 e. The van der Waals surface area contributed by atoms with Crippen LogP contribution in [0.5, 0.6) is 5.75 Å². The minimum atomic E-state index is -0.457. The van der Waals surface area contributed by atoms with Gasteiger partial charge >= 0.3 is 0 Å². The highest BCUT2D eigenvalue weighted by molar-refractivity contribution is 5.96. The third kappa shape index (κ3) is 4.61. The van der Waals surface area contributed by atoms with Gasteiger partial charge in [0.1, 0.15) is 11.6 Å². The lowest BCUT2D eigenvalue weighted by atomic mass is 10.0. The molecular formula is C21H25FN2O2. The second-order valence-corrected chi connectivity index (χ2v) is 6.63. The second kappa shape index (κ2) is 8.81. The van der Waals surface area contributed by atoms with Crippen LogP contribution in [-0.4, -0.2) is 31.0 Å². The number of ether oxygens (including phenoxy) is 1. The number of hydrogen-bond donors (Lipinski definition) is 1. The van der Waals surface area contributed by atoms with Gasteiger partial charge in [0.25, 0.3) is 5.91 Å². The van der Waals surface area contributed by atoms with Gasteiger partial charge in [-0.3, -0.25) is 9.69 Å². The van der Waals surface area contributed by atoms with E-state index in [2.05, 4.69) is 16.3 Å². The number of piperidine rings is 1. The van der Waals surface area contributed by atoms with Crippen LogP contribution >= 0.6 is 0 Å². The number of carbonyl (C=O) groups excluding carboxylic acids is 1. The minimum absolute atomic E-state index is 0.209. The Bertz CT molecular complexity index is 757. The molecule has 1 amide bonds. The van der Waals surface area contributed by atoms with Crippen LogP contribution in [0.4, 0.5) is 4.39 Å². The molecule has 0 saturated carbocycles. The zero-order chi connectivity index (χ0) is 18.4. The Morgan fingerprint density at radius 3 is 2.58 bits per heavy atom. The van der Waals surface area contributed by atoms with E-state index in [0.717, 1.165) is 25.2 Å². The van der Waals surface area contributed by atoms with Crippen LogP contribution in [0.3, 0.4) is 0 Å². The van der Waals surface area contributed by atoms with Gasteiger partial charge in [0, 0.05) is 13.1 Å². The number of nitrogens with one attached hydrogen (secondary N) is 1. The number of halogens is 1. The van der Waals surface area contributed by atoms with Gasteiger partial charge in [0.15, 0.2) is 0 Å². The molecule has 1 aliphatic heterocycles. The summed E-state index contributed by atoms with van der Waals surface area (Å²) >= 11 is 0. The van der Waals surface area contributed by atoms with E-state index in [4.69, 9.17) is 4.74 Å². The smallest absolute Gasteiger partial charge is 0.255 e. The maximum Gasteiger partial charge on any atom is 0.255 e. The summed E-state index contributed by atoms with van der Waals surface area (Å²) in [5.41, 5.74) is 2.52. The maximum absolute atomic E-state index is 13.5. The number of hydrogen-bond acceptors (Lipinski definition) is 3. The van der Waals surface area contributed by atoms with Crippen LogP contribution in [-0.2, 0) is 13.1 Å². The topological polar surface area (TPSA) is 41.6 Å². The second-order valence-electron chi connectivity index (χ2n) is 6.63. The van der Waals surface area contributed by atoms with Gasteiger partial charge in [-0.2, -0.15) is 0 Å². The maximum atomic E-state index is 13.5. The molecule has 0 spiro atoms. The molecule has 3 rings (SSSR count). The number of carbonyl (C=O) groups is 1. The van der Waals surface area contributed by atoms with Crippen molar-refractivity contribution < 1.29 is 13.9 Å². The highest BCUT2D eigenvalue weighted by atomic mass is 19.1. The zero-order valence-corrected chi connectivity index (χ0v) is 15.1. The SMILES string of the molecule is COc1ccc(F)cc1C(=O)NCc1ccccc1CN1CCCCC1. The Kier molecular flexibility index (Phi) is 6.23. The van der Waals surface area contributed by atoms with Crippen LogP contribution in [0.25, 0.3) is 0 Å². The van der Waals surface area contributed by atoms with E-state index in [0.29, 0.717) is 12.3 Å². The summed E-state index contributed by atoms with van der Waals surface area (Å²) in [6, 6.07) is 12.1. The van der Waals surface area contributed by atoms with Gasteiger partial charge in [0.2, 0.25) is 0 Å². The van der Waals surface area contributed by atoms with Crippen LogP contribution in [0.2, 0.25) is 0 Å². The summed E-state index contributed by atoms with van der Waals surface area (Å²) in [6.07, 6.45) is 3.81. The first-order valence-corrected chi connectivity index (χ1v) is 9.08. The van der Waals surface area contributed by atoms with Crippen molar-refractivity contribution in [2.24, 2.45) is 0 Å². The average molecular weight is 356 g/mol.